The maximum atomic E-state index is 10.7. The second-order valence-corrected chi connectivity index (χ2v) is 4.66. The van der Waals surface area contributed by atoms with Gasteiger partial charge in [-0.15, -0.1) is 0 Å². The second kappa shape index (κ2) is 5.34. The van der Waals surface area contributed by atoms with E-state index in [4.69, 9.17) is 9.84 Å². The number of carboxylic acids is 1. The zero-order valence-corrected chi connectivity index (χ0v) is 11.2. The minimum absolute atomic E-state index is 0.0649. The number of halogens is 1. The summed E-state index contributed by atoms with van der Waals surface area (Å²) in [6.07, 6.45) is 0.105. The van der Waals surface area contributed by atoms with Crippen molar-refractivity contribution < 1.29 is 14.6 Å². The van der Waals surface area contributed by atoms with Gasteiger partial charge in [0.25, 0.3) is 0 Å². The summed E-state index contributed by atoms with van der Waals surface area (Å²) in [5.74, 6) is -0.132. The van der Waals surface area contributed by atoms with Crippen LogP contribution >= 0.6 is 15.9 Å². The lowest BCUT2D eigenvalue weighted by Crippen LogP contribution is -2.06. The third-order valence-corrected chi connectivity index (χ3v) is 3.17. The van der Waals surface area contributed by atoms with E-state index in [1.165, 1.54) is 0 Å². The first-order valence-electron chi connectivity index (χ1n) is 5.02. The summed E-state index contributed by atoms with van der Waals surface area (Å²) in [4.78, 5) is 10.7. The van der Waals surface area contributed by atoms with Crippen LogP contribution in [-0.4, -0.2) is 18.2 Å². The van der Waals surface area contributed by atoms with Crippen molar-refractivity contribution in [3.63, 3.8) is 0 Å². The molecule has 1 aromatic rings. The van der Waals surface area contributed by atoms with Crippen LogP contribution in [0.3, 0.4) is 0 Å². The van der Waals surface area contributed by atoms with E-state index in [0.29, 0.717) is 0 Å². The maximum Gasteiger partial charge on any atom is 0.303 e. The molecule has 1 rings (SSSR count). The molecule has 0 aliphatic rings. The van der Waals surface area contributed by atoms with E-state index in [1.54, 1.807) is 7.11 Å². The molecular weight excluding hydrogens is 272 g/mol. The van der Waals surface area contributed by atoms with Gasteiger partial charge in [-0.3, -0.25) is 4.79 Å². The number of rotatable bonds is 4. The van der Waals surface area contributed by atoms with Gasteiger partial charge in [0.2, 0.25) is 0 Å². The molecule has 1 N–H and O–H groups in total. The number of carboxylic acid groups (broad SMARTS) is 1. The molecule has 0 saturated heterocycles. The number of hydrogen-bond acceptors (Lipinski definition) is 2. The van der Waals surface area contributed by atoms with Crippen LogP contribution in [0.5, 0.6) is 5.75 Å². The third kappa shape index (κ3) is 2.76. The first kappa shape index (κ1) is 13.0. The van der Waals surface area contributed by atoms with Gasteiger partial charge in [-0.05, 0) is 40.4 Å². The highest BCUT2D eigenvalue weighted by Crippen LogP contribution is 2.37. The molecule has 1 aromatic carbocycles. The maximum absolute atomic E-state index is 10.7. The Hall–Kier alpha value is -1.03. The van der Waals surface area contributed by atoms with Crippen LogP contribution in [-0.2, 0) is 4.79 Å². The minimum Gasteiger partial charge on any atom is -0.495 e. The van der Waals surface area contributed by atoms with Gasteiger partial charge >= 0.3 is 5.97 Å². The number of carbonyl (C=O) groups is 1. The quantitative estimate of drug-likeness (QED) is 0.923. The van der Waals surface area contributed by atoms with E-state index in [2.05, 4.69) is 15.9 Å². The van der Waals surface area contributed by atoms with Gasteiger partial charge in [-0.1, -0.05) is 13.0 Å². The van der Waals surface area contributed by atoms with Crippen LogP contribution in [0.1, 0.15) is 30.4 Å². The molecule has 0 fully saturated rings. The molecule has 3 nitrogen and oxygen atoms in total. The molecule has 1 unspecified atom stereocenters. The van der Waals surface area contributed by atoms with Crippen LogP contribution < -0.4 is 4.74 Å². The molecule has 0 heterocycles. The number of ether oxygens (including phenoxy) is 1. The minimum atomic E-state index is -0.797. The van der Waals surface area contributed by atoms with Crippen LogP contribution in [0, 0.1) is 6.92 Å². The Kier molecular flexibility index (Phi) is 4.35. The number of aliphatic carboxylic acids is 1. The molecule has 0 radical (unpaired) electrons. The van der Waals surface area contributed by atoms with Gasteiger partial charge in [0.05, 0.1) is 18.0 Å². The molecule has 0 aliphatic heterocycles. The zero-order valence-electron chi connectivity index (χ0n) is 9.58. The van der Waals surface area contributed by atoms with Crippen molar-refractivity contribution in [2.75, 3.05) is 7.11 Å². The highest BCUT2D eigenvalue weighted by molar-refractivity contribution is 9.10. The topological polar surface area (TPSA) is 46.5 Å². The Balaban J connectivity index is 3.19. The normalized spacial score (nSPS) is 12.2. The van der Waals surface area contributed by atoms with Crippen molar-refractivity contribution in [2.45, 2.75) is 26.2 Å². The molecule has 0 bridgehead atoms. The van der Waals surface area contributed by atoms with Crippen molar-refractivity contribution in [1.82, 2.24) is 0 Å². The van der Waals surface area contributed by atoms with Crippen molar-refractivity contribution in [2.24, 2.45) is 0 Å². The van der Waals surface area contributed by atoms with E-state index < -0.39 is 5.97 Å². The predicted molar refractivity (Wildman–Crippen MR) is 66.1 cm³/mol. The van der Waals surface area contributed by atoms with E-state index in [9.17, 15) is 4.79 Å². The van der Waals surface area contributed by atoms with Crippen molar-refractivity contribution in [3.05, 3.63) is 27.7 Å². The van der Waals surface area contributed by atoms with Crippen LogP contribution in [0.4, 0.5) is 0 Å². The summed E-state index contributed by atoms with van der Waals surface area (Å²) in [7, 11) is 1.59. The highest BCUT2D eigenvalue weighted by Gasteiger charge is 2.18. The summed E-state index contributed by atoms with van der Waals surface area (Å²) < 4.78 is 6.17. The Labute approximate surface area is 104 Å². The van der Waals surface area contributed by atoms with Crippen LogP contribution in [0.2, 0.25) is 0 Å². The summed E-state index contributed by atoms with van der Waals surface area (Å²) in [6.45, 7) is 3.86. The molecule has 4 heteroatoms. The smallest absolute Gasteiger partial charge is 0.303 e. The Morgan fingerprint density at radius 2 is 2.19 bits per heavy atom. The lowest BCUT2D eigenvalue weighted by atomic mass is 9.93. The molecule has 88 valence electrons. The van der Waals surface area contributed by atoms with Gasteiger partial charge < -0.3 is 9.84 Å². The lowest BCUT2D eigenvalue weighted by molar-refractivity contribution is -0.137. The van der Waals surface area contributed by atoms with Crippen molar-refractivity contribution in [1.29, 1.82) is 0 Å². The average Bonchev–Trinajstić information content (AvgIpc) is 2.19. The second-order valence-electron chi connectivity index (χ2n) is 3.81. The largest absolute Gasteiger partial charge is 0.495 e. The summed E-state index contributed by atoms with van der Waals surface area (Å²) >= 11 is 3.40. The number of methoxy groups -OCH3 is 1. The van der Waals surface area contributed by atoms with Gasteiger partial charge in [-0.2, -0.15) is 0 Å². The summed E-state index contributed by atoms with van der Waals surface area (Å²) in [5, 5.41) is 8.82. The Morgan fingerprint density at radius 3 is 2.69 bits per heavy atom. The molecule has 0 aromatic heterocycles. The van der Waals surface area contributed by atoms with Crippen LogP contribution in [0.25, 0.3) is 0 Å². The first-order valence-corrected chi connectivity index (χ1v) is 5.81. The summed E-state index contributed by atoms with van der Waals surface area (Å²) in [5.41, 5.74) is 2.01. The Morgan fingerprint density at radius 1 is 1.56 bits per heavy atom. The SMILES string of the molecule is COc1c(Br)ccc(C)c1C(C)CC(=O)O. The number of hydrogen-bond donors (Lipinski definition) is 1. The van der Waals surface area contributed by atoms with Gasteiger partial charge in [-0.25, -0.2) is 0 Å². The van der Waals surface area contributed by atoms with Gasteiger partial charge in [0.1, 0.15) is 5.75 Å². The van der Waals surface area contributed by atoms with E-state index in [-0.39, 0.29) is 12.3 Å². The predicted octanol–water partition coefficient (Wildman–Crippen LogP) is 3.34. The molecule has 0 aliphatic carbocycles. The number of aryl methyl sites for hydroxylation is 1. The monoisotopic (exact) mass is 286 g/mol. The van der Waals surface area contributed by atoms with Crippen molar-refractivity contribution in [3.8, 4) is 5.75 Å². The zero-order chi connectivity index (χ0) is 12.3. The highest BCUT2D eigenvalue weighted by atomic mass is 79.9. The van der Waals surface area contributed by atoms with Crippen molar-refractivity contribution >= 4 is 21.9 Å². The molecule has 0 saturated carbocycles. The lowest BCUT2D eigenvalue weighted by Gasteiger charge is -2.18. The fourth-order valence-corrected chi connectivity index (χ4v) is 2.36. The van der Waals surface area contributed by atoms with E-state index in [1.807, 2.05) is 26.0 Å². The standard InChI is InChI=1S/C12H15BrO3/c1-7-4-5-9(13)12(16-3)11(7)8(2)6-10(14)15/h4-5,8H,6H2,1-3H3,(H,14,15). The molecule has 0 spiro atoms. The molecule has 1 atom stereocenters. The van der Waals surface area contributed by atoms with E-state index >= 15 is 0 Å². The molecule has 16 heavy (non-hydrogen) atoms. The number of benzene rings is 1. The molecular formula is C12H15BrO3. The van der Waals surface area contributed by atoms with E-state index in [0.717, 1.165) is 21.3 Å². The van der Waals surface area contributed by atoms with Gasteiger partial charge in [0, 0.05) is 5.56 Å². The first-order chi connectivity index (χ1) is 7.47. The summed E-state index contributed by atoms with van der Waals surface area (Å²) in [6, 6.07) is 3.87. The van der Waals surface area contributed by atoms with Gasteiger partial charge in [0.15, 0.2) is 0 Å². The fourth-order valence-electron chi connectivity index (χ4n) is 1.86. The molecule has 0 amide bonds. The average molecular weight is 287 g/mol. The third-order valence-electron chi connectivity index (χ3n) is 2.54. The Bertz CT molecular complexity index is 401. The fraction of sp³-hybridized carbons (Fsp3) is 0.417. The van der Waals surface area contributed by atoms with Crippen LogP contribution in [0.15, 0.2) is 16.6 Å².